The lowest BCUT2D eigenvalue weighted by Gasteiger charge is -2.20. The van der Waals surface area contributed by atoms with E-state index in [4.69, 9.17) is 4.74 Å². The fourth-order valence-electron chi connectivity index (χ4n) is 2.44. The lowest BCUT2D eigenvalue weighted by molar-refractivity contribution is 0.0952. The first-order valence-electron chi connectivity index (χ1n) is 8.11. The van der Waals surface area contributed by atoms with E-state index in [1.807, 2.05) is 30.3 Å². The van der Waals surface area contributed by atoms with E-state index in [-0.39, 0.29) is 5.91 Å². The van der Waals surface area contributed by atoms with Crippen LogP contribution < -0.4 is 15.1 Å². The van der Waals surface area contributed by atoms with Crippen molar-refractivity contribution in [1.29, 1.82) is 0 Å². The maximum absolute atomic E-state index is 12.3. The van der Waals surface area contributed by atoms with Crippen molar-refractivity contribution in [2.24, 2.45) is 5.10 Å². The molecule has 6 heteroatoms. The van der Waals surface area contributed by atoms with E-state index in [1.165, 1.54) is 12.8 Å². The number of halogens is 1. The number of ether oxygens (including phenoxy) is 1. The van der Waals surface area contributed by atoms with Crippen molar-refractivity contribution in [3.63, 3.8) is 0 Å². The largest absolute Gasteiger partial charge is 0.496 e. The van der Waals surface area contributed by atoms with Gasteiger partial charge in [0.05, 0.1) is 18.9 Å². The number of benzene rings is 2. The van der Waals surface area contributed by atoms with Crippen molar-refractivity contribution in [2.45, 2.75) is 13.8 Å². The molecule has 2 aromatic rings. The first kappa shape index (κ1) is 19.0. The van der Waals surface area contributed by atoms with Crippen molar-refractivity contribution in [3.8, 4) is 5.75 Å². The molecule has 0 aliphatic heterocycles. The van der Waals surface area contributed by atoms with Gasteiger partial charge in [-0.15, -0.1) is 0 Å². The number of nitrogens with zero attached hydrogens (tertiary/aromatic N) is 2. The lowest BCUT2D eigenvalue weighted by Crippen LogP contribution is -2.21. The van der Waals surface area contributed by atoms with Crippen LogP contribution in [0.1, 0.15) is 29.8 Å². The summed E-state index contributed by atoms with van der Waals surface area (Å²) in [5.74, 6) is 0.175. The van der Waals surface area contributed by atoms with E-state index in [0.717, 1.165) is 23.1 Å². The molecule has 0 aliphatic carbocycles. The minimum Gasteiger partial charge on any atom is -0.496 e. The SMILES string of the molecule is CCN(CC)c1ccc(/C=N/NC(=O)c2cc(Br)ccc2OC)cc1. The summed E-state index contributed by atoms with van der Waals surface area (Å²) in [4.78, 5) is 14.5. The van der Waals surface area contributed by atoms with Crippen LogP contribution in [-0.2, 0) is 0 Å². The number of amides is 1. The van der Waals surface area contributed by atoms with Gasteiger partial charge in [-0.3, -0.25) is 4.79 Å². The van der Waals surface area contributed by atoms with Crippen LogP contribution in [0.25, 0.3) is 0 Å². The predicted octanol–water partition coefficient (Wildman–Crippen LogP) is 4.07. The summed E-state index contributed by atoms with van der Waals surface area (Å²) in [7, 11) is 1.53. The standard InChI is InChI=1S/C19H22BrN3O2/c1-4-23(5-2)16-9-6-14(7-10-16)13-21-22-19(24)17-12-15(20)8-11-18(17)25-3/h6-13H,4-5H2,1-3H3,(H,22,24)/b21-13+. The molecule has 2 rings (SSSR count). The number of hydrazone groups is 1. The first-order valence-corrected chi connectivity index (χ1v) is 8.90. The zero-order chi connectivity index (χ0) is 18.2. The summed E-state index contributed by atoms with van der Waals surface area (Å²) in [6.07, 6.45) is 1.62. The highest BCUT2D eigenvalue weighted by atomic mass is 79.9. The highest BCUT2D eigenvalue weighted by molar-refractivity contribution is 9.10. The predicted molar refractivity (Wildman–Crippen MR) is 106 cm³/mol. The first-order chi connectivity index (χ1) is 12.1. The molecule has 0 saturated heterocycles. The zero-order valence-electron chi connectivity index (χ0n) is 14.6. The van der Waals surface area contributed by atoms with Crippen LogP contribution in [0.5, 0.6) is 5.75 Å². The van der Waals surface area contributed by atoms with E-state index in [2.05, 4.69) is 45.2 Å². The fourth-order valence-corrected chi connectivity index (χ4v) is 2.80. The minimum absolute atomic E-state index is 0.325. The third-order valence-corrected chi connectivity index (χ3v) is 4.30. The second-order valence-corrected chi connectivity index (χ2v) is 6.22. The smallest absolute Gasteiger partial charge is 0.275 e. The molecule has 0 aliphatic rings. The fraction of sp³-hybridized carbons (Fsp3) is 0.263. The molecule has 0 spiro atoms. The molecule has 132 valence electrons. The summed E-state index contributed by atoms with van der Waals surface area (Å²) >= 11 is 3.35. The van der Waals surface area contributed by atoms with E-state index in [1.54, 1.807) is 18.3 Å². The monoisotopic (exact) mass is 403 g/mol. The molecule has 0 bridgehead atoms. The lowest BCUT2D eigenvalue weighted by atomic mass is 10.2. The van der Waals surface area contributed by atoms with Gasteiger partial charge in [-0.2, -0.15) is 5.10 Å². The van der Waals surface area contributed by atoms with Crippen LogP contribution in [0.15, 0.2) is 52.0 Å². The highest BCUT2D eigenvalue weighted by Crippen LogP contribution is 2.22. The summed E-state index contributed by atoms with van der Waals surface area (Å²) in [6.45, 7) is 6.19. The maximum atomic E-state index is 12.3. The summed E-state index contributed by atoms with van der Waals surface area (Å²) in [5.41, 5.74) is 5.04. The molecule has 0 fully saturated rings. The molecule has 5 nitrogen and oxygen atoms in total. The number of methoxy groups -OCH3 is 1. The van der Waals surface area contributed by atoms with Crippen molar-refractivity contribution in [1.82, 2.24) is 5.43 Å². The Morgan fingerprint density at radius 2 is 1.88 bits per heavy atom. The van der Waals surface area contributed by atoms with Gasteiger partial charge < -0.3 is 9.64 Å². The molecule has 0 heterocycles. The molecular weight excluding hydrogens is 382 g/mol. The average Bonchev–Trinajstić information content (AvgIpc) is 2.64. The number of nitrogens with one attached hydrogen (secondary N) is 1. The number of carbonyl (C=O) groups excluding carboxylic acids is 1. The van der Waals surface area contributed by atoms with Crippen molar-refractivity contribution < 1.29 is 9.53 Å². The van der Waals surface area contributed by atoms with Crippen LogP contribution in [0, 0.1) is 0 Å². The Balaban J connectivity index is 2.03. The van der Waals surface area contributed by atoms with Crippen LogP contribution >= 0.6 is 15.9 Å². The molecule has 0 aromatic heterocycles. The Kier molecular flexibility index (Phi) is 7.01. The quantitative estimate of drug-likeness (QED) is 0.559. The van der Waals surface area contributed by atoms with Gasteiger partial charge in [0.1, 0.15) is 5.75 Å². The van der Waals surface area contributed by atoms with E-state index in [9.17, 15) is 4.79 Å². The number of hydrogen-bond donors (Lipinski definition) is 1. The topological polar surface area (TPSA) is 53.9 Å². The van der Waals surface area contributed by atoms with Gasteiger partial charge in [0, 0.05) is 23.2 Å². The zero-order valence-corrected chi connectivity index (χ0v) is 16.2. The Morgan fingerprint density at radius 1 is 1.20 bits per heavy atom. The number of anilines is 1. The van der Waals surface area contributed by atoms with Crippen LogP contribution in [-0.4, -0.2) is 32.3 Å². The van der Waals surface area contributed by atoms with Crippen molar-refractivity contribution in [2.75, 3.05) is 25.1 Å². The number of carbonyl (C=O) groups is 1. The van der Waals surface area contributed by atoms with Gasteiger partial charge >= 0.3 is 0 Å². The van der Waals surface area contributed by atoms with Gasteiger partial charge in [0.2, 0.25) is 0 Å². The molecule has 1 N–H and O–H groups in total. The average molecular weight is 404 g/mol. The van der Waals surface area contributed by atoms with E-state index >= 15 is 0 Å². The van der Waals surface area contributed by atoms with Crippen LogP contribution in [0.2, 0.25) is 0 Å². The molecule has 0 saturated carbocycles. The maximum Gasteiger partial charge on any atom is 0.275 e. The van der Waals surface area contributed by atoms with Gasteiger partial charge in [0.15, 0.2) is 0 Å². The van der Waals surface area contributed by atoms with Crippen LogP contribution in [0.4, 0.5) is 5.69 Å². The third kappa shape index (κ3) is 5.06. The molecule has 25 heavy (non-hydrogen) atoms. The second kappa shape index (κ2) is 9.22. The van der Waals surface area contributed by atoms with Gasteiger partial charge in [-0.1, -0.05) is 28.1 Å². The summed E-state index contributed by atoms with van der Waals surface area (Å²) < 4.78 is 6.01. The van der Waals surface area contributed by atoms with Crippen molar-refractivity contribution in [3.05, 3.63) is 58.1 Å². The summed E-state index contributed by atoms with van der Waals surface area (Å²) in [6, 6.07) is 13.3. The normalized spacial score (nSPS) is 10.7. The molecular formula is C19H22BrN3O2. The Morgan fingerprint density at radius 3 is 2.48 bits per heavy atom. The Bertz CT molecular complexity index is 741. The van der Waals surface area contributed by atoms with Gasteiger partial charge in [0.25, 0.3) is 5.91 Å². The second-order valence-electron chi connectivity index (χ2n) is 5.31. The molecule has 0 unspecified atom stereocenters. The van der Waals surface area contributed by atoms with E-state index in [0.29, 0.717) is 11.3 Å². The molecule has 0 atom stereocenters. The Hall–Kier alpha value is -2.34. The Labute approximate surface area is 156 Å². The third-order valence-electron chi connectivity index (χ3n) is 3.81. The van der Waals surface area contributed by atoms with Crippen molar-refractivity contribution >= 4 is 33.7 Å². The van der Waals surface area contributed by atoms with Gasteiger partial charge in [-0.25, -0.2) is 5.43 Å². The molecule has 2 aromatic carbocycles. The minimum atomic E-state index is -0.325. The highest BCUT2D eigenvalue weighted by Gasteiger charge is 2.11. The number of rotatable bonds is 7. The van der Waals surface area contributed by atoms with E-state index < -0.39 is 0 Å². The molecule has 0 radical (unpaired) electrons. The summed E-state index contributed by atoms with van der Waals surface area (Å²) in [5, 5.41) is 4.03. The molecule has 1 amide bonds. The van der Waals surface area contributed by atoms with Gasteiger partial charge in [-0.05, 0) is 49.7 Å². The van der Waals surface area contributed by atoms with Crippen LogP contribution in [0.3, 0.4) is 0 Å². The number of hydrogen-bond acceptors (Lipinski definition) is 4.